The zero-order chi connectivity index (χ0) is 14.0. The SMILES string of the molecule is CC(C)(C)C1CCN(C(=O)c2cccnc2Cl)CC1. The van der Waals surface area contributed by atoms with Gasteiger partial charge in [0.25, 0.3) is 5.91 Å². The number of likely N-dealkylation sites (tertiary alicyclic amines) is 1. The minimum Gasteiger partial charge on any atom is -0.339 e. The predicted octanol–water partition coefficient (Wildman–Crippen LogP) is 3.63. The van der Waals surface area contributed by atoms with Gasteiger partial charge in [0, 0.05) is 19.3 Å². The Bertz CT molecular complexity index is 459. The Hall–Kier alpha value is -1.09. The molecule has 2 heterocycles. The molecule has 0 atom stereocenters. The molecule has 0 radical (unpaired) electrons. The van der Waals surface area contributed by atoms with Crippen LogP contribution < -0.4 is 0 Å². The fraction of sp³-hybridized carbons (Fsp3) is 0.600. The van der Waals surface area contributed by atoms with E-state index in [-0.39, 0.29) is 5.91 Å². The number of pyridine rings is 1. The van der Waals surface area contributed by atoms with Crippen LogP contribution in [0.5, 0.6) is 0 Å². The monoisotopic (exact) mass is 280 g/mol. The van der Waals surface area contributed by atoms with Crippen molar-refractivity contribution in [2.75, 3.05) is 13.1 Å². The lowest BCUT2D eigenvalue weighted by Crippen LogP contribution is -2.41. The second-order valence-electron chi connectivity index (χ2n) is 6.27. The van der Waals surface area contributed by atoms with Gasteiger partial charge in [0.05, 0.1) is 5.56 Å². The Morgan fingerprint density at radius 2 is 2.00 bits per heavy atom. The number of aromatic nitrogens is 1. The summed E-state index contributed by atoms with van der Waals surface area (Å²) in [7, 11) is 0. The van der Waals surface area contributed by atoms with Crippen molar-refractivity contribution < 1.29 is 4.79 Å². The van der Waals surface area contributed by atoms with Crippen LogP contribution in [0, 0.1) is 11.3 Å². The molecule has 0 spiro atoms. The van der Waals surface area contributed by atoms with Gasteiger partial charge in [-0.1, -0.05) is 32.4 Å². The van der Waals surface area contributed by atoms with Gasteiger partial charge in [-0.25, -0.2) is 4.98 Å². The number of hydrogen-bond acceptors (Lipinski definition) is 2. The van der Waals surface area contributed by atoms with Crippen molar-refractivity contribution >= 4 is 17.5 Å². The molecule has 104 valence electrons. The molecule has 19 heavy (non-hydrogen) atoms. The van der Waals surface area contributed by atoms with E-state index in [1.165, 1.54) is 0 Å². The van der Waals surface area contributed by atoms with Gasteiger partial charge in [0.1, 0.15) is 5.15 Å². The first-order valence-corrected chi connectivity index (χ1v) is 7.17. The molecule has 0 N–H and O–H groups in total. The van der Waals surface area contributed by atoms with E-state index in [1.807, 2.05) is 4.90 Å². The average Bonchev–Trinajstić information content (AvgIpc) is 2.38. The van der Waals surface area contributed by atoms with E-state index in [9.17, 15) is 4.79 Å². The van der Waals surface area contributed by atoms with Crippen LogP contribution in [0.3, 0.4) is 0 Å². The molecule has 1 fully saturated rings. The van der Waals surface area contributed by atoms with Crippen molar-refractivity contribution in [3.8, 4) is 0 Å². The summed E-state index contributed by atoms with van der Waals surface area (Å²) < 4.78 is 0. The summed E-state index contributed by atoms with van der Waals surface area (Å²) in [5.41, 5.74) is 0.833. The summed E-state index contributed by atoms with van der Waals surface area (Å²) in [4.78, 5) is 18.2. The van der Waals surface area contributed by atoms with E-state index in [0.717, 1.165) is 25.9 Å². The van der Waals surface area contributed by atoms with Crippen molar-refractivity contribution in [3.05, 3.63) is 29.0 Å². The van der Waals surface area contributed by atoms with Gasteiger partial charge in [-0.15, -0.1) is 0 Å². The molecular formula is C15H21ClN2O. The molecular weight excluding hydrogens is 260 g/mol. The summed E-state index contributed by atoms with van der Waals surface area (Å²) in [6.45, 7) is 8.44. The molecule has 1 saturated heterocycles. The summed E-state index contributed by atoms with van der Waals surface area (Å²) in [5, 5.41) is 0.297. The maximum Gasteiger partial charge on any atom is 0.256 e. The molecule has 1 amide bonds. The molecule has 1 aromatic heterocycles. The van der Waals surface area contributed by atoms with E-state index >= 15 is 0 Å². The maximum absolute atomic E-state index is 12.4. The van der Waals surface area contributed by atoms with Crippen LogP contribution in [0.1, 0.15) is 44.0 Å². The normalized spacial score (nSPS) is 17.6. The molecule has 0 unspecified atom stereocenters. The van der Waals surface area contributed by atoms with E-state index in [2.05, 4.69) is 25.8 Å². The summed E-state index contributed by atoms with van der Waals surface area (Å²) in [5.74, 6) is 0.686. The van der Waals surface area contributed by atoms with E-state index in [0.29, 0.717) is 22.0 Å². The number of hydrogen-bond donors (Lipinski definition) is 0. The number of rotatable bonds is 1. The standard InChI is InChI=1S/C15H21ClN2O/c1-15(2,3)11-6-9-18(10-7-11)14(19)12-5-4-8-17-13(12)16/h4-5,8,11H,6-7,9-10H2,1-3H3. The third-order valence-electron chi connectivity index (χ3n) is 4.00. The fourth-order valence-electron chi connectivity index (χ4n) is 2.66. The second kappa shape index (κ2) is 5.49. The summed E-state index contributed by atoms with van der Waals surface area (Å²) in [6.07, 6.45) is 3.73. The number of carbonyl (C=O) groups is 1. The first-order chi connectivity index (χ1) is 8.89. The summed E-state index contributed by atoms with van der Waals surface area (Å²) >= 11 is 5.98. The van der Waals surface area contributed by atoms with Gasteiger partial charge in [-0.3, -0.25) is 4.79 Å². The number of halogens is 1. The van der Waals surface area contributed by atoms with Crippen LogP contribution >= 0.6 is 11.6 Å². The van der Waals surface area contributed by atoms with Crippen molar-refractivity contribution in [3.63, 3.8) is 0 Å². The van der Waals surface area contributed by atoms with Crippen molar-refractivity contribution in [1.82, 2.24) is 9.88 Å². The van der Waals surface area contributed by atoms with Crippen LogP contribution in [0.2, 0.25) is 5.15 Å². The molecule has 1 aliphatic heterocycles. The molecule has 0 bridgehead atoms. The average molecular weight is 281 g/mol. The molecule has 1 aliphatic rings. The smallest absolute Gasteiger partial charge is 0.256 e. The highest BCUT2D eigenvalue weighted by Gasteiger charge is 2.31. The lowest BCUT2D eigenvalue weighted by Gasteiger charge is -2.38. The van der Waals surface area contributed by atoms with Crippen LogP contribution in [-0.4, -0.2) is 28.9 Å². The van der Waals surface area contributed by atoms with Gasteiger partial charge in [-0.05, 0) is 36.3 Å². The molecule has 0 aliphatic carbocycles. The molecule has 0 saturated carbocycles. The zero-order valence-corrected chi connectivity index (χ0v) is 12.6. The quantitative estimate of drug-likeness (QED) is 0.736. The molecule has 3 nitrogen and oxygen atoms in total. The number of amides is 1. The maximum atomic E-state index is 12.4. The van der Waals surface area contributed by atoms with Gasteiger partial charge < -0.3 is 4.90 Å². The third kappa shape index (κ3) is 3.27. The Morgan fingerprint density at radius 1 is 1.37 bits per heavy atom. The lowest BCUT2D eigenvalue weighted by atomic mass is 9.75. The van der Waals surface area contributed by atoms with Crippen molar-refractivity contribution in [1.29, 1.82) is 0 Å². The topological polar surface area (TPSA) is 33.2 Å². The van der Waals surface area contributed by atoms with E-state index in [4.69, 9.17) is 11.6 Å². The number of carbonyl (C=O) groups excluding carboxylic acids is 1. The van der Waals surface area contributed by atoms with Gasteiger partial charge in [0.15, 0.2) is 0 Å². The van der Waals surface area contributed by atoms with Crippen LogP contribution in [-0.2, 0) is 0 Å². The zero-order valence-electron chi connectivity index (χ0n) is 11.8. The number of piperidine rings is 1. The largest absolute Gasteiger partial charge is 0.339 e. The number of nitrogens with zero attached hydrogens (tertiary/aromatic N) is 2. The summed E-state index contributed by atoms with van der Waals surface area (Å²) in [6, 6.07) is 3.49. The van der Waals surface area contributed by atoms with Crippen LogP contribution in [0.4, 0.5) is 0 Å². The van der Waals surface area contributed by atoms with Crippen LogP contribution in [0.15, 0.2) is 18.3 Å². The van der Waals surface area contributed by atoms with Gasteiger partial charge >= 0.3 is 0 Å². The highest BCUT2D eigenvalue weighted by Crippen LogP contribution is 2.34. The first kappa shape index (κ1) is 14.3. The lowest BCUT2D eigenvalue weighted by molar-refractivity contribution is 0.0608. The minimum absolute atomic E-state index is 0.00505. The Labute approximate surface area is 120 Å². The third-order valence-corrected chi connectivity index (χ3v) is 4.30. The van der Waals surface area contributed by atoms with Crippen molar-refractivity contribution in [2.45, 2.75) is 33.6 Å². The van der Waals surface area contributed by atoms with Gasteiger partial charge in [0.2, 0.25) is 0 Å². The Morgan fingerprint density at radius 3 is 2.53 bits per heavy atom. The minimum atomic E-state index is 0.00505. The molecule has 1 aromatic rings. The first-order valence-electron chi connectivity index (χ1n) is 6.79. The highest BCUT2D eigenvalue weighted by atomic mass is 35.5. The predicted molar refractivity (Wildman–Crippen MR) is 77.3 cm³/mol. The molecule has 2 rings (SSSR count). The van der Waals surface area contributed by atoms with E-state index < -0.39 is 0 Å². The van der Waals surface area contributed by atoms with E-state index in [1.54, 1.807) is 18.3 Å². The van der Waals surface area contributed by atoms with Crippen molar-refractivity contribution in [2.24, 2.45) is 11.3 Å². The second-order valence-corrected chi connectivity index (χ2v) is 6.63. The molecule has 0 aromatic carbocycles. The van der Waals surface area contributed by atoms with Crippen LogP contribution in [0.25, 0.3) is 0 Å². The highest BCUT2D eigenvalue weighted by molar-refractivity contribution is 6.32. The Kier molecular flexibility index (Phi) is 4.14. The fourth-order valence-corrected chi connectivity index (χ4v) is 2.86. The van der Waals surface area contributed by atoms with Gasteiger partial charge in [-0.2, -0.15) is 0 Å². The molecule has 4 heteroatoms. The Balaban J connectivity index is 2.03.